The molecule has 1 saturated heterocycles. The Morgan fingerprint density at radius 2 is 1.90 bits per heavy atom. The summed E-state index contributed by atoms with van der Waals surface area (Å²) in [7, 11) is 0. The highest BCUT2D eigenvalue weighted by molar-refractivity contribution is 5.94. The Balaban J connectivity index is 1.56. The van der Waals surface area contributed by atoms with Crippen molar-refractivity contribution in [1.29, 1.82) is 0 Å². The lowest BCUT2D eigenvalue weighted by molar-refractivity contribution is -0.117. The third kappa shape index (κ3) is 3.16. The standard InChI is InChI=1S/C22H21N7O/c1-15-13-23-16(2)29-22(15)24-18(26-29)10-11-19-25-20(27-12-6-9-21(27)30)14-28(19)17-7-4-3-5-8-17/h3-5,7-8,10-11,13-14H,6,9,12H2,1-2H3. The number of amides is 1. The molecule has 0 spiro atoms. The van der Waals surface area contributed by atoms with E-state index in [1.165, 1.54) is 0 Å². The fraction of sp³-hybridized carbons (Fsp3) is 0.227. The molecule has 5 rings (SSSR count). The molecule has 3 aromatic heterocycles. The number of para-hydroxylation sites is 1. The summed E-state index contributed by atoms with van der Waals surface area (Å²) < 4.78 is 3.72. The molecule has 0 saturated carbocycles. The first-order valence-electron chi connectivity index (χ1n) is 9.92. The van der Waals surface area contributed by atoms with E-state index in [0.29, 0.717) is 30.4 Å². The Hall–Kier alpha value is -3.81. The highest BCUT2D eigenvalue weighted by Gasteiger charge is 2.24. The lowest BCUT2D eigenvalue weighted by Gasteiger charge is -2.10. The summed E-state index contributed by atoms with van der Waals surface area (Å²) in [6.45, 7) is 4.56. The molecule has 8 heteroatoms. The highest BCUT2D eigenvalue weighted by Crippen LogP contribution is 2.24. The number of carbonyl (C=O) groups is 1. The molecule has 4 heterocycles. The first-order chi connectivity index (χ1) is 14.6. The van der Waals surface area contributed by atoms with Crippen molar-refractivity contribution in [3.05, 3.63) is 65.8 Å². The Morgan fingerprint density at radius 1 is 1.07 bits per heavy atom. The normalized spacial score (nSPS) is 14.5. The molecule has 0 aliphatic carbocycles. The zero-order chi connectivity index (χ0) is 20.7. The number of fused-ring (bicyclic) bond motifs is 1. The van der Waals surface area contributed by atoms with Gasteiger partial charge in [0.15, 0.2) is 17.3 Å². The van der Waals surface area contributed by atoms with Gasteiger partial charge in [-0.05, 0) is 44.6 Å². The summed E-state index contributed by atoms with van der Waals surface area (Å²) in [4.78, 5) is 27.6. The van der Waals surface area contributed by atoms with E-state index in [1.54, 1.807) is 15.6 Å². The van der Waals surface area contributed by atoms with Crippen LogP contribution < -0.4 is 4.90 Å². The molecule has 0 bridgehead atoms. The van der Waals surface area contributed by atoms with Crippen molar-refractivity contribution in [3.8, 4) is 5.69 Å². The van der Waals surface area contributed by atoms with Crippen LogP contribution in [0.4, 0.5) is 5.82 Å². The molecular formula is C22H21N7O. The highest BCUT2D eigenvalue weighted by atomic mass is 16.2. The van der Waals surface area contributed by atoms with Crippen molar-refractivity contribution >= 4 is 29.5 Å². The van der Waals surface area contributed by atoms with Gasteiger partial charge in [-0.15, -0.1) is 5.10 Å². The number of nitrogens with zero attached hydrogens (tertiary/aromatic N) is 7. The minimum atomic E-state index is 0.115. The first-order valence-corrected chi connectivity index (χ1v) is 9.92. The Morgan fingerprint density at radius 3 is 2.63 bits per heavy atom. The van der Waals surface area contributed by atoms with Gasteiger partial charge < -0.3 is 0 Å². The number of hydrogen-bond acceptors (Lipinski definition) is 5. The summed E-state index contributed by atoms with van der Waals surface area (Å²) in [5, 5.41) is 4.54. The zero-order valence-corrected chi connectivity index (χ0v) is 16.9. The molecule has 1 aliphatic rings. The minimum absolute atomic E-state index is 0.115. The lowest BCUT2D eigenvalue weighted by atomic mass is 10.3. The van der Waals surface area contributed by atoms with Crippen LogP contribution in [0.25, 0.3) is 23.5 Å². The molecular weight excluding hydrogens is 378 g/mol. The molecule has 0 radical (unpaired) electrons. The summed E-state index contributed by atoms with van der Waals surface area (Å²) in [6, 6.07) is 9.95. The van der Waals surface area contributed by atoms with Crippen molar-refractivity contribution < 1.29 is 4.79 Å². The van der Waals surface area contributed by atoms with Gasteiger partial charge in [0.25, 0.3) is 0 Å². The minimum Gasteiger partial charge on any atom is -0.298 e. The number of hydrogen-bond donors (Lipinski definition) is 0. The Kier molecular flexibility index (Phi) is 4.39. The van der Waals surface area contributed by atoms with E-state index < -0.39 is 0 Å². The number of aryl methyl sites for hydroxylation is 2. The van der Waals surface area contributed by atoms with Crippen molar-refractivity contribution in [1.82, 2.24) is 29.1 Å². The van der Waals surface area contributed by atoms with E-state index in [1.807, 2.05) is 67.1 Å². The first kappa shape index (κ1) is 18.2. The van der Waals surface area contributed by atoms with Gasteiger partial charge in [0.1, 0.15) is 11.6 Å². The second-order valence-electron chi connectivity index (χ2n) is 7.34. The van der Waals surface area contributed by atoms with E-state index in [2.05, 4.69) is 15.1 Å². The predicted octanol–water partition coefficient (Wildman–Crippen LogP) is 3.22. The fourth-order valence-electron chi connectivity index (χ4n) is 3.65. The quantitative estimate of drug-likeness (QED) is 0.526. The Labute approximate surface area is 173 Å². The summed E-state index contributed by atoms with van der Waals surface area (Å²) >= 11 is 0. The second kappa shape index (κ2) is 7.22. The van der Waals surface area contributed by atoms with E-state index >= 15 is 0 Å². The van der Waals surface area contributed by atoms with Crippen LogP contribution in [-0.2, 0) is 4.79 Å². The number of aromatic nitrogens is 6. The molecule has 4 aromatic rings. The third-order valence-electron chi connectivity index (χ3n) is 5.21. The maximum Gasteiger partial charge on any atom is 0.228 e. The topological polar surface area (TPSA) is 81.2 Å². The smallest absolute Gasteiger partial charge is 0.228 e. The zero-order valence-electron chi connectivity index (χ0n) is 16.9. The van der Waals surface area contributed by atoms with Gasteiger partial charge in [-0.1, -0.05) is 18.2 Å². The number of imidazole rings is 1. The van der Waals surface area contributed by atoms with E-state index in [9.17, 15) is 4.79 Å². The number of benzene rings is 1. The van der Waals surface area contributed by atoms with Gasteiger partial charge in [-0.25, -0.2) is 15.0 Å². The summed E-state index contributed by atoms with van der Waals surface area (Å²) in [6.07, 6.45) is 8.86. The van der Waals surface area contributed by atoms with Crippen LogP contribution in [0.2, 0.25) is 0 Å². The average Bonchev–Trinajstić information content (AvgIpc) is 3.48. The predicted molar refractivity (Wildman–Crippen MR) is 114 cm³/mol. The van der Waals surface area contributed by atoms with Crippen molar-refractivity contribution in [2.24, 2.45) is 0 Å². The summed E-state index contributed by atoms with van der Waals surface area (Å²) in [5.74, 6) is 2.85. The van der Waals surface area contributed by atoms with Gasteiger partial charge in [-0.2, -0.15) is 4.52 Å². The average molecular weight is 399 g/mol. The van der Waals surface area contributed by atoms with Crippen molar-refractivity contribution in [2.75, 3.05) is 11.4 Å². The Bertz CT molecular complexity index is 1230. The van der Waals surface area contributed by atoms with Gasteiger partial charge in [0.2, 0.25) is 5.91 Å². The largest absolute Gasteiger partial charge is 0.298 e. The lowest BCUT2D eigenvalue weighted by Crippen LogP contribution is -2.23. The monoisotopic (exact) mass is 399 g/mol. The van der Waals surface area contributed by atoms with E-state index in [0.717, 1.165) is 29.1 Å². The maximum atomic E-state index is 12.2. The SMILES string of the molecule is Cc1cnc(C)n2nc(C=Cc3nc(N4CCCC4=O)cn3-c3ccccc3)nc12. The summed E-state index contributed by atoms with van der Waals surface area (Å²) in [5.41, 5.74) is 2.73. The molecule has 1 fully saturated rings. The third-order valence-corrected chi connectivity index (χ3v) is 5.21. The molecule has 1 amide bonds. The van der Waals surface area contributed by atoms with E-state index in [4.69, 9.17) is 4.98 Å². The molecule has 1 aromatic carbocycles. The molecule has 150 valence electrons. The van der Waals surface area contributed by atoms with Crippen molar-refractivity contribution in [3.63, 3.8) is 0 Å². The van der Waals surface area contributed by atoms with Crippen LogP contribution in [0.15, 0.2) is 42.7 Å². The van der Waals surface area contributed by atoms with Crippen LogP contribution >= 0.6 is 0 Å². The van der Waals surface area contributed by atoms with Crippen LogP contribution in [0.1, 0.15) is 35.9 Å². The molecule has 30 heavy (non-hydrogen) atoms. The maximum absolute atomic E-state index is 12.2. The number of carbonyl (C=O) groups excluding carboxylic acids is 1. The molecule has 8 nitrogen and oxygen atoms in total. The van der Waals surface area contributed by atoms with Crippen LogP contribution in [0.3, 0.4) is 0 Å². The number of rotatable bonds is 4. The van der Waals surface area contributed by atoms with Crippen LogP contribution in [0, 0.1) is 13.8 Å². The number of anilines is 1. The van der Waals surface area contributed by atoms with E-state index in [-0.39, 0.29) is 5.91 Å². The van der Waals surface area contributed by atoms with Crippen molar-refractivity contribution in [2.45, 2.75) is 26.7 Å². The van der Waals surface area contributed by atoms with Crippen LogP contribution in [-0.4, -0.2) is 41.6 Å². The molecule has 0 atom stereocenters. The van der Waals surface area contributed by atoms with Gasteiger partial charge in [-0.3, -0.25) is 14.3 Å². The second-order valence-corrected chi connectivity index (χ2v) is 7.34. The fourth-order valence-corrected chi connectivity index (χ4v) is 3.65. The molecule has 1 aliphatic heterocycles. The molecule has 0 N–H and O–H groups in total. The molecule has 0 unspecified atom stereocenters. The van der Waals surface area contributed by atoms with Gasteiger partial charge >= 0.3 is 0 Å². The van der Waals surface area contributed by atoms with Gasteiger partial charge in [0.05, 0.1) is 6.20 Å². The van der Waals surface area contributed by atoms with Gasteiger partial charge in [0, 0.05) is 30.4 Å². The van der Waals surface area contributed by atoms with Crippen LogP contribution in [0.5, 0.6) is 0 Å².